The fourth-order valence-corrected chi connectivity index (χ4v) is 4.87. The van der Waals surface area contributed by atoms with Gasteiger partial charge in [0.1, 0.15) is 12.1 Å². The number of aromatic nitrogens is 1. The third-order valence-electron chi connectivity index (χ3n) is 6.11. The zero-order valence-corrected chi connectivity index (χ0v) is 21.7. The molecule has 1 aliphatic heterocycles. The molecule has 10 heteroatoms. The SMILES string of the molecule is Cc1ncsc1-c1ccc(CNC(=O)[C@@H]2C[C@@H](O)CN2C(=O)C(NC(=O)C(C)N)C(C)(C)C)cc1. The molecule has 0 spiro atoms. The van der Waals surface area contributed by atoms with E-state index in [4.69, 9.17) is 5.73 Å². The average molecular weight is 502 g/mol. The summed E-state index contributed by atoms with van der Waals surface area (Å²) in [6.45, 7) is 9.32. The second kappa shape index (κ2) is 10.8. The van der Waals surface area contributed by atoms with Gasteiger partial charge in [0.15, 0.2) is 0 Å². The molecule has 0 bridgehead atoms. The highest BCUT2D eigenvalue weighted by molar-refractivity contribution is 7.13. The van der Waals surface area contributed by atoms with Crippen LogP contribution in [0, 0.1) is 12.3 Å². The number of benzene rings is 1. The van der Waals surface area contributed by atoms with Crippen LogP contribution in [-0.2, 0) is 20.9 Å². The summed E-state index contributed by atoms with van der Waals surface area (Å²) >= 11 is 1.58. The normalized spacial score (nSPS) is 19.8. The van der Waals surface area contributed by atoms with Gasteiger partial charge >= 0.3 is 0 Å². The van der Waals surface area contributed by atoms with Crippen molar-refractivity contribution in [3.8, 4) is 10.4 Å². The van der Waals surface area contributed by atoms with Crippen molar-refractivity contribution in [1.29, 1.82) is 0 Å². The maximum absolute atomic E-state index is 13.4. The number of rotatable bonds is 7. The minimum Gasteiger partial charge on any atom is -0.391 e. The van der Waals surface area contributed by atoms with Gasteiger partial charge in [-0.1, -0.05) is 45.0 Å². The van der Waals surface area contributed by atoms with Crippen LogP contribution in [0.5, 0.6) is 0 Å². The van der Waals surface area contributed by atoms with Gasteiger partial charge < -0.3 is 26.4 Å². The Morgan fingerprint density at radius 2 is 1.91 bits per heavy atom. The molecule has 35 heavy (non-hydrogen) atoms. The molecule has 1 aromatic heterocycles. The summed E-state index contributed by atoms with van der Waals surface area (Å²) in [5, 5.41) is 15.9. The lowest BCUT2D eigenvalue weighted by Crippen LogP contribution is -2.59. The van der Waals surface area contributed by atoms with Crippen LogP contribution in [0.3, 0.4) is 0 Å². The van der Waals surface area contributed by atoms with E-state index in [0.29, 0.717) is 6.54 Å². The monoisotopic (exact) mass is 501 g/mol. The van der Waals surface area contributed by atoms with Gasteiger partial charge in [0, 0.05) is 19.5 Å². The fourth-order valence-electron chi connectivity index (χ4n) is 4.05. The lowest BCUT2D eigenvalue weighted by atomic mass is 9.85. The summed E-state index contributed by atoms with van der Waals surface area (Å²) in [5.41, 5.74) is 9.83. The number of nitrogens with zero attached hydrogens (tertiary/aromatic N) is 2. The molecule has 1 aliphatic rings. The van der Waals surface area contributed by atoms with E-state index in [-0.39, 0.29) is 18.9 Å². The Labute approximate surface area is 210 Å². The molecular formula is C25H35N5O4S. The summed E-state index contributed by atoms with van der Waals surface area (Å²) in [5.74, 6) is -1.20. The molecule has 2 unspecified atom stereocenters. The van der Waals surface area contributed by atoms with Crippen LogP contribution in [-0.4, -0.2) is 63.5 Å². The number of carbonyl (C=O) groups is 3. The topological polar surface area (TPSA) is 138 Å². The summed E-state index contributed by atoms with van der Waals surface area (Å²) in [7, 11) is 0. The van der Waals surface area contributed by atoms with Crippen molar-refractivity contribution in [3.63, 3.8) is 0 Å². The molecule has 0 saturated carbocycles. The molecule has 1 aromatic carbocycles. The number of aryl methyl sites for hydroxylation is 1. The number of carbonyl (C=O) groups excluding carboxylic acids is 3. The van der Waals surface area contributed by atoms with Crippen molar-refractivity contribution in [2.45, 2.75) is 71.8 Å². The number of β-amino-alcohol motifs (C(OH)–C–C–N with tert-alkyl or cyclic N) is 1. The van der Waals surface area contributed by atoms with Gasteiger partial charge in [0.25, 0.3) is 0 Å². The first-order chi connectivity index (χ1) is 16.4. The van der Waals surface area contributed by atoms with Crippen LogP contribution in [0.15, 0.2) is 29.8 Å². The second-order valence-corrected chi connectivity index (χ2v) is 11.0. The molecule has 1 saturated heterocycles. The quantitative estimate of drug-likeness (QED) is 0.455. The Kier molecular flexibility index (Phi) is 8.30. The number of likely N-dealkylation sites (tertiary alicyclic amines) is 1. The number of nitrogens with two attached hydrogens (primary N) is 1. The maximum atomic E-state index is 13.4. The number of aliphatic hydroxyl groups excluding tert-OH is 1. The van der Waals surface area contributed by atoms with E-state index >= 15 is 0 Å². The van der Waals surface area contributed by atoms with Crippen LogP contribution in [0.25, 0.3) is 10.4 Å². The Bertz CT molecular complexity index is 1060. The highest BCUT2D eigenvalue weighted by atomic mass is 32.1. The summed E-state index contributed by atoms with van der Waals surface area (Å²) in [4.78, 5) is 45.5. The highest BCUT2D eigenvalue weighted by Crippen LogP contribution is 2.28. The Morgan fingerprint density at radius 3 is 2.46 bits per heavy atom. The molecule has 0 radical (unpaired) electrons. The van der Waals surface area contributed by atoms with Crippen molar-refractivity contribution in [2.75, 3.05) is 6.54 Å². The van der Waals surface area contributed by atoms with Gasteiger partial charge in [-0.25, -0.2) is 4.98 Å². The van der Waals surface area contributed by atoms with Crippen molar-refractivity contribution in [2.24, 2.45) is 11.1 Å². The van der Waals surface area contributed by atoms with E-state index in [2.05, 4.69) is 15.6 Å². The third kappa shape index (κ3) is 6.45. The zero-order valence-electron chi connectivity index (χ0n) is 20.9. The van der Waals surface area contributed by atoms with Crippen LogP contribution in [0.2, 0.25) is 0 Å². The van der Waals surface area contributed by atoms with Gasteiger partial charge in [0.2, 0.25) is 17.7 Å². The molecule has 3 amide bonds. The molecular weight excluding hydrogens is 466 g/mol. The smallest absolute Gasteiger partial charge is 0.246 e. The summed E-state index contributed by atoms with van der Waals surface area (Å²) in [6.07, 6.45) is -0.680. The number of hydrogen-bond donors (Lipinski definition) is 4. The lowest BCUT2D eigenvalue weighted by Gasteiger charge is -2.35. The molecule has 4 atom stereocenters. The van der Waals surface area contributed by atoms with Gasteiger partial charge in [0.05, 0.1) is 28.2 Å². The lowest BCUT2D eigenvalue weighted by molar-refractivity contribution is -0.144. The summed E-state index contributed by atoms with van der Waals surface area (Å²) in [6, 6.07) is 5.39. The molecule has 9 nitrogen and oxygen atoms in total. The van der Waals surface area contributed by atoms with Crippen molar-refractivity contribution >= 4 is 29.1 Å². The van der Waals surface area contributed by atoms with Gasteiger partial charge in [-0.05, 0) is 30.4 Å². The average Bonchev–Trinajstić information content (AvgIpc) is 3.40. The molecule has 3 rings (SSSR count). The van der Waals surface area contributed by atoms with E-state index in [9.17, 15) is 19.5 Å². The van der Waals surface area contributed by atoms with E-state index in [1.807, 2.05) is 57.5 Å². The van der Waals surface area contributed by atoms with E-state index in [0.717, 1.165) is 21.7 Å². The first kappa shape index (κ1) is 26.8. The minimum atomic E-state index is -0.885. The first-order valence-electron chi connectivity index (χ1n) is 11.7. The zero-order chi connectivity index (χ0) is 25.9. The van der Waals surface area contributed by atoms with Gasteiger partial charge in [-0.3, -0.25) is 14.4 Å². The molecule has 2 heterocycles. The highest BCUT2D eigenvalue weighted by Gasteiger charge is 2.44. The molecule has 5 N–H and O–H groups in total. The van der Waals surface area contributed by atoms with Crippen LogP contribution >= 0.6 is 11.3 Å². The molecule has 0 aliphatic carbocycles. The number of thiazole rings is 1. The predicted molar refractivity (Wildman–Crippen MR) is 135 cm³/mol. The fraction of sp³-hybridized carbons (Fsp3) is 0.520. The Balaban J connectivity index is 1.68. The molecule has 2 aromatic rings. The van der Waals surface area contributed by atoms with Gasteiger partial charge in [-0.2, -0.15) is 0 Å². The largest absolute Gasteiger partial charge is 0.391 e. The second-order valence-electron chi connectivity index (χ2n) is 10.2. The van der Waals surface area contributed by atoms with Crippen molar-refractivity contribution < 1.29 is 19.5 Å². The van der Waals surface area contributed by atoms with Crippen molar-refractivity contribution in [3.05, 3.63) is 41.0 Å². The van der Waals surface area contributed by atoms with E-state index in [1.165, 1.54) is 4.90 Å². The minimum absolute atomic E-state index is 0.0282. The van der Waals surface area contributed by atoms with Crippen LogP contribution in [0.1, 0.15) is 45.4 Å². The van der Waals surface area contributed by atoms with E-state index < -0.39 is 41.5 Å². The Morgan fingerprint density at radius 1 is 1.26 bits per heavy atom. The van der Waals surface area contributed by atoms with Crippen LogP contribution < -0.4 is 16.4 Å². The number of hydrogen-bond acceptors (Lipinski definition) is 7. The maximum Gasteiger partial charge on any atom is 0.246 e. The standard InChI is InChI=1S/C25H35N5O4S/c1-14(26)22(32)29-21(25(3,4)5)24(34)30-12-18(31)10-19(30)23(33)27-11-16-6-8-17(9-7-16)20-15(2)28-13-35-20/h6-9,13-14,18-19,21,31H,10-12,26H2,1-5H3,(H,27,33)(H,29,32)/t14?,18-,19+,21?/m1/s1. The number of amides is 3. The Hall–Kier alpha value is -2.82. The molecule has 190 valence electrons. The van der Waals surface area contributed by atoms with E-state index in [1.54, 1.807) is 18.3 Å². The van der Waals surface area contributed by atoms with Gasteiger partial charge in [-0.15, -0.1) is 11.3 Å². The first-order valence-corrected chi connectivity index (χ1v) is 12.6. The number of aliphatic hydroxyl groups is 1. The predicted octanol–water partition coefficient (Wildman–Crippen LogP) is 1.57. The van der Waals surface area contributed by atoms with Crippen LogP contribution in [0.4, 0.5) is 0 Å². The van der Waals surface area contributed by atoms with Crippen molar-refractivity contribution in [1.82, 2.24) is 20.5 Å². The summed E-state index contributed by atoms with van der Waals surface area (Å²) < 4.78 is 0. The number of nitrogens with one attached hydrogen (secondary N) is 2. The molecule has 1 fully saturated rings. The third-order valence-corrected chi connectivity index (χ3v) is 7.08.